The van der Waals surface area contributed by atoms with Crippen molar-refractivity contribution in [3.05, 3.63) is 164 Å². The SMILES string of the molecule is c1ccc2c(c1)oc1c(-c3cccc4c3c3c(-c5cccc6c5oc5ccccc56)cccc3n4-c3ccc4c(c3)sc3ccccc34)cccc12. The van der Waals surface area contributed by atoms with E-state index in [1.165, 1.54) is 30.9 Å². The zero-order valence-electron chi connectivity index (χ0n) is 27.8. The number of hydrogen-bond donors (Lipinski definition) is 0. The van der Waals surface area contributed by atoms with Crippen LogP contribution in [-0.2, 0) is 0 Å². The molecule has 0 bridgehead atoms. The predicted molar refractivity (Wildman–Crippen MR) is 219 cm³/mol. The van der Waals surface area contributed by atoms with Gasteiger partial charge in [-0.2, -0.15) is 0 Å². The first-order valence-electron chi connectivity index (χ1n) is 17.6. The Balaban J connectivity index is 1.23. The highest BCUT2D eigenvalue weighted by Gasteiger charge is 2.23. The van der Waals surface area contributed by atoms with Gasteiger partial charge in [-0.3, -0.25) is 0 Å². The molecule has 0 aliphatic carbocycles. The molecule has 0 amide bonds. The summed E-state index contributed by atoms with van der Waals surface area (Å²) < 4.78 is 18.3. The van der Waals surface area contributed by atoms with Gasteiger partial charge in [0.25, 0.3) is 0 Å². The van der Waals surface area contributed by atoms with Gasteiger partial charge in [0.15, 0.2) is 0 Å². The molecule has 4 aromatic heterocycles. The van der Waals surface area contributed by atoms with Crippen LogP contribution >= 0.6 is 11.3 Å². The normalized spacial score (nSPS) is 12.2. The number of benzene rings is 8. The van der Waals surface area contributed by atoms with Crippen molar-refractivity contribution in [2.75, 3.05) is 0 Å². The molecule has 0 aliphatic rings. The minimum Gasteiger partial charge on any atom is -0.455 e. The lowest BCUT2D eigenvalue weighted by Crippen LogP contribution is -1.93. The van der Waals surface area contributed by atoms with Gasteiger partial charge in [0.2, 0.25) is 0 Å². The van der Waals surface area contributed by atoms with Crippen LogP contribution in [0, 0.1) is 0 Å². The Morgan fingerprint density at radius 3 is 1.46 bits per heavy atom. The van der Waals surface area contributed by atoms with Crippen LogP contribution < -0.4 is 0 Å². The fourth-order valence-electron chi connectivity index (χ4n) is 8.61. The van der Waals surface area contributed by atoms with Gasteiger partial charge in [0, 0.05) is 69.3 Å². The van der Waals surface area contributed by atoms with E-state index in [0.717, 1.165) is 82.9 Å². The number of aromatic nitrogens is 1. The monoisotopic (exact) mass is 681 g/mol. The third kappa shape index (κ3) is 3.79. The zero-order chi connectivity index (χ0) is 33.9. The molecule has 242 valence electrons. The second-order valence-corrected chi connectivity index (χ2v) is 14.7. The lowest BCUT2D eigenvalue weighted by Gasteiger charge is -2.09. The summed E-state index contributed by atoms with van der Waals surface area (Å²) in [5, 5.41) is 9.47. The van der Waals surface area contributed by atoms with Crippen LogP contribution in [0.4, 0.5) is 0 Å². The first-order valence-corrected chi connectivity index (χ1v) is 18.4. The Morgan fingerprint density at radius 2 is 0.846 bits per heavy atom. The van der Waals surface area contributed by atoms with E-state index in [1.54, 1.807) is 0 Å². The van der Waals surface area contributed by atoms with Gasteiger partial charge in [-0.15, -0.1) is 11.3 Å². The zero-order valence-corrected chi connectivity index (χ0v) is 28.6. The van der Waals surface area contributed by atoms with E-state index in [0.29, 0.717) is 0 Å². The summed E-state index contributed by atoms with van der Waals surface area (Å²) in [4.78, 5) is 0. The molecular formula is C48H27NO2S. The Labute approximate surface area is 301 Å². The van der Waals surface area contributed by atoms with Crippen LogP contribution in [0.25, 0.3) is 114 Å². The lowest BCUT2D eigenvalue weighted by molar-refractivity contribution is 0.669. The summed E-state index contributed by atoms with van der Waals surface area (Å²) in [5.41, 5.74) is 11.5. The van der Waals surface area contributed by atoms with Crippen molar-refractivity contribution in [3.63, 3.8) is 0 Å². The van der Waals surface area contributed by atoms with Gasteiger partial charge in [0.1, 0.15) is 22.3 Å². The van der Waals surface area contributed by atoms with Gasteiger partial charge in [-0.25, -0.2) is 0 Å². The minimum absolute atomic E-state index is 0.897. The molecule has 0 saturated carbocycles. The highest BCUT2D eigenvalue weighted by Crippen LogP contribution is 2.47. The van der Waals surface area contributed by atoms with E-state index in [2.05, 4.69) is 156 Å². The second kappa shape index (κ2) is 10.5. The number of furan rings is 2. The number of para-hydroxylation sites is 4. The summed E-state index contributed by atoms with van der Waals surface area (Å²) in [6.45, 7) is 0. The van der Waals surface area contributed by atoms with E-state index in [-0.39, 0.29) is 0 Å². The maximum absolute atomic E-state index is 6.65. The average molecular weight is 682 g/mol. The van der Waals surface area contributed by atoms with Crippen molar-refractivity contribution in [1.82, 2.24) is 4.57 Å². The molecule has 52 heavy (non-hydrogen) atoms. The van der Waals surface area contributed by atoms with E-state index < -0.39 is 0 Å². The molecule has 4 heteroatoms. The van der Waals surface area contributed by atoms with Crippen LogP contribution in [0.15, 0.2) is 173 Å². The number of thiophene rings is 1. The highest BCUT2D eigenvalue weighted by molar-refractivity contribution is 7.25. The van der Waals surface area contributed by atoms with Crippen LogP contribution in [0.2, 0.25) is 0 Å². The molecular weight excluding hydrogens is 655 g/mol. The van der Waals surface area contributed by atoms with Crippen molar-refractivity contribution in [1.29, 1.82) is 0 Å². The Kier molecular flexibility index (Phi) is 5.65. The molecule has 8 aromatic carbocycles. The van der Waals surface area contributed by atoms with Crippen LogP contribution in [0.5, 0.6) is 0 Å². The van der Waals surface area contributed by atoms with E-state index in [4.69, 9.17) is 8.83 Å². The largest absolute Gasteiger partial charge is 0.455 e. The maximum Gasteiger partial charge on any atom is 0.143 e. The third-order valence-electron chi connectivity index (χ3n) is 10.8. The van der Waals surface area contributed by atoms with E-state index >= 15 is 0 Å². The molecule has 4 heterocycles. The molecule has 0 saturated heterocycles. The number of hydrogen-bond acceptors (Lipinski definition) is 3. The summed E-state index contributed by atoms with van der Waals surface area (Å²) in [6, 6.07) is 58.7. The third-order valence-corrected chi connectivity index (χ3v) is 12.0. The molecule has 12 rings (SSSR count). The highest BCUT2D eigenvalue weighted by atomic mass is 32.1. The van der Waals surface area contributed by atoms with Crippen molar-refractivity contribution < 1.29 is 8.83 Å². The molecule has 0 fully saturated rings. The van der Waals surface area contributed by atoms with Crippen molar-refractivity contribution >= 4 is 97.2 Å². The fraction of sp³-hybridized carbons (Fsp3) is 0. The number of nitrogens with zero attached hydrogens (tertiary/aromatic N) is 1. The van der Waals surface area contributed by atoms with Crippen molar-refractivity contribution in [2.45, 2.75) is 0 Å². The van der Waals surface area contributed by atoms with Gasteiger partial charge in [-0.05, 0) is 53.6 Å². The molecule has 0 spiro atoms. The van der Waals surface area contributed by atoms with Gasteiger partial charge >= 0.3 is 0 Å². The van der Waals surface area contributed by atoms with Gasteiger partial charge < -0.3 is 13.4 Å². The number of rotatable bonds is 3. The molecule has 0 aliphatic heterocycles. The summed E-state index contributed by atoms with van der Waals surface area (Å²) >= 11 is 1.85. The minimum atomic E-state index is 0.897. The molecule has 3 nitrogen and oxygen atoms in total. The van der Waals surface area contributed by atoms with Crippen molar-refractivity contribution in [3.8, 4) is 27.9 Å². The van der Waals surface area contributed by atoms with E-state index in [9.17, 15) is 0 Å². The van der Waals surface area contributed by atoms with Crippen LogP contribution in [-0.4, -0.2) is 4.57 Å². The molecule has 0 radical (unpaired) electrons. The van der Waals surface area contributed by atoms with Crippen LogP contribution in [0.3, 0.4) is 0 Å². The standard InChI is InChI=1S/C48H27NO2S/c1-4-22-41-29(11-1)35-16-7-18-37(47(35)50-41)33-14-9-20-39-45(33)46-34(38-19-8-17-36-30-12-2-5-23-42(30)51-48(36)38)15-10-21-40(46)49(39)28-25-26-32-31-13-3-6-24-43(31)52-44(32)27-28/h1-27H. The van der Waals surface area contributed by atoms with Gasteiger partial charge in [0.05, 0.1) is 11.0 Å². The predicted octanol–water partition coefficient (Wildman–Crippen LogP) is 14.3. The summed E-state index contributed by atoms with van der Waals surface area (Å²) in [6.07, 6.45) is 0. The molecule has 0 unspecified atom stereocenters. The lowest BCUT2D eigenvalue weighted by atomic mass is 9.93. The molecule has 0 atom stereocenters. The maximum atomic E-state index is 6.65. The molecule has 12 aromatic rings. The van der Waals surface area contributed by atoms with Gasteiger partial charge in [-0.1, -0.05) is 121 Å². The number of fused-ring (bicyclic) bond motifs is 12. The fourth-order valence-corrected chi connectivity index (χ4v) is 9.75. The second-order valence-electron chi connectivity index (χ2n) is 13.6. The van der Waals surface area contributed by atoms with Crippen LogP contribution in [0.1, 0.15) is 0 Å². The Hall–Kier alpha value is -6.62. The first kappa shape index (κ1) is 28.1. The topological polar surface area (TPSA) is 31.2 Å². The quantitative estimate of drug-likeness (QED) is 0.186. The summed E-state index contributed by atoms with van der Waals surface area (Å²) in [5.74, 6) is 0. The molecule has 0 N–H and O–H groups in total. The Bertz CT molecular complexity index is 3260. The average Bonchev–Trinajstić information content (AvgIpc) is 3.96. The smallest absolute Gasteiger partial charge is 0.143 e. The first-order chi connectivity index (χ1) is 25.8. The Morgan fingerprint density at radius 1 is 0.365 bits per heavy atom. The summed E-state index contributed by atoms with van der Waals surface area (Å²) in [7, 11) is 0. The van der Waals surface area contributed by atoms with Crippen molar-refractivity contribution in [2.24, 2.45) is 0 Å². The van der Waals surface area contributed by atoms with E-state index in [1.807, 2.05) is 23.5 Å².